The van der Waals surface area contributed by atoms with Gasteiger partial charge in [-0.2, -0.15) is 0 Å². The number of nitrogens with zero attached hydrogens (tertiary/aromatic N) is 1. The summed E-state index contributed by atoms with van der Waals surface area (Å²) >= 11 is 1.37. The molecular weight excluding hydrogens is 353 g/mol. The maximum Gasteiger partial charge on any atom is 0.311 e. The SMILES string of the molecule is O=C(Cc1csc(-c2ccc(F)cc2)n1)C[C@@H](C(=O)O)c1ccccc1. The lowest BCUT2D eigenvalue weighted by Gasteiger charge is -2.11. The van der Waals surface area contributed by atoms with Gasteiger partial charge < -0.3 is 5.11 Å². The molecule has 0 saturated heterocycles. The van der Waals surface area contributed by atoms with Crippen molar-refractivity contribution in [3.63, 3.8) is 0 Å². The standard InChI is InChI=1S/C20H16FNO3S/c21-15-8-6-14(7-9-15)19-22-16(12-26-19)10-17(23)11-18(20(24)25)13-4-2-1-3-5-13/h1-9,12,18H,10-11H2,(H,24,25)/t18-/m1/s1. The van der Waals surface area contributed by atoms with E-state index >= 15 is 0 Å². The normalized spacial score (nSPS) is 11.9. The lowest BCUT2D eigenvalue weighted by Crippen LogP contribution is -2.17. The maximum atomic E-state index is 13.0. The summed E-state index contributed by atoms with van der Waals surface area (Å²) in [5.41, 5.74) is 1.98. The van der Waals surface area contributed by atoms with E-state index in [0.717, 1.165) is 5.56 Å². The molecule has 0 fully saturated rings. The van der Waals surface area contributed by atoms with Crippen LogP contribution in [0.15, 0.2) is 60.0 Å². The summed E-state index contributed by atoms with van der Waals surface area (Å²) in [7, 11) is 0. The summed E-state index contributed by atoms with van der Waals surface area (Å²) in [5.74, 6) is -2.38. The molecular formula is C20H16FNO3S. The van der Waals surface area contributed by atoms with Crippen LogP contribution in [-0.4, -0.2) is 21.8 Å². The van der Waals surface area contributed by atoms with Crippen LogP contribution in [0.4, 0.5) is 4.39 Å². The van der Waals surface area contributed by atoms with E-state index in [-0.39, 0.29) is 24.4 Å². The molecule has 6 heteroatoms. The molecule has 1 atom stereocenters. The third-order valence-corrected chi connectivity index (χ3v) is 4.89. The van der Waals surface area contributed by atoms with Gasteiger partial charge >= 0.3 is 5.97 Å². The van der Waals surface area contributed by atoms with Crippen LogP contribution in [0, 0.1) is 5.82 Å². The predicted octanol–water partition coefficient (Wildman–Crippen LogP) is 4.32. The van der Waals surface area contributed by atoms with Crippen molar-refractivity contribution in [2.45, 2.75) is 18.8 Å². The fourth-order valence-corrected chi connectivity index (χ4v) is 3.47. The smallest absolute Gasteiger partial charge is 0.311 e. The number of carboxylic acids is 1. The van der Waals surface area contributed by atoms with E-state index in [1.54, 1.807) is 47.8 Å². The molecule has 0 aliphatic carbocycles. The molecule has 0 saturated carbocycles. The zero-order valence-corrected chi connectivity index (χ0v) is 14.6. The quantitative estimate of drug-likeness (QED) is 0.673. The number of thiazole rings is 1. The van der Waals surface area contributed by atoms with E-state index < -0.39 is 11.9 Å². The molecule has 0 bridgehead atoms. The van der Waals surface area contributed by atoms with Gasteiger partial charge in [0.25, 0.3) is 0 Å². The minimum atomic E-state index is -1.02. The highest BCUT2D eigenvalue weighted by Gasteiger charge is 2.23. The molecule has 1 N–H and O–H groups in total. The average Bonchev–Trinajstić information content (AvgIpc) is 3.09. The van der Waals surface area contributed by atoms with Crippen LogP contribution in [0.3, 0.4) is 0 Å². The number of Topliss-reactive ketones (excluding diaryl/α,β-unsaturated/α-hetero) is 1. The van der Waals surface area contributed by atoms with E-state index in [2.05, 4.69) is 4.98 Å². The van der Waals surface area contributed by atoms with Gasteiger partial charge in [0, 0.05) is 23.8 Å². The minimum Gasteiger partial charge on any atom is -0.481 e. The Morgan fingerprint density at radius 3 is 2.42 bits per heavy atom. The number of ketones is 1. The molecule has 1 aromatic heterocycles. The van der Waals surface area contributed by atoms with Gasteiger partial charge in [0.05, 0.1) is 11.6 Å². The van der Waals surface area contributed by atoms with Crippen molar-refractivity contribution < 1.29 is 19.1 Å². The zero-order chi connectivity index (χ0) is 18.5. The summed E-state index contributed by atoms with van der Waals surface area (Å²) in [6.07, 6.45) is -0.00291. The number of rotatable bonds is 7. The minimum absolute atomic E-state index is 0.0777. The van der Waals surface area contributed by atoms with Gasteiger partial charge in [-0.25, -0.2) is 9.37 Å². The molecule has 4 nitrogen and oxygen atoms in total. The number of aromatic nitrogens is 1. The number of carbonyl (C=O) groups excluding carboxylic acids is 1. The first-order chi connectivity index (χ1) is 12.5. The molecule has 3 aromatic rings. The Labute approximate surface area is 154 Å². The predicted molar refractivity (Wildman–Crippen MR) is 97.7 cm³/mol. The van der Waals surface area contributed by atoms with Crippen molar-refractivity contribution in [1.29, 1.82) is 0 Å². The van der Waals surface area contributed by atoms with E-state index in [4.69, 9.17) is 0 Å². The molecule has 132 valence electrons. The molecule has 3 rings (SSSR count). The van der Waals surface area contributed by atoms with Crippen molar-refractivity contribution in [3.8, 4) is 10.6 Å². The Morgan fingerprint density at radius 1 is 1.08 bits per heavy atom. The molecule has 2 aromatic carbocycles. The zero-order valence-electron chi connectivity index (χ0n) is 13.8. The summed E-state index contributed by atoms with van der Waals surface area (Å²) in [6, 6.07) is 14.7. The van der Waals surface area contributed by atoms with Gasteiger partial charge in [0.1, 0.15) is 16.6 Å². The Hall–Kier alpha value is -2.86. The van der Waals surface area contributed by atoms with E-state index in [0.29, 0.717) is 16.3 Å². The highest BCUT2D eigenvalue weighted by Crippen LogP contribution is 2.25. The van der Waals surface area contributed by atoms with Gasteiger partial charge in [0.15, 0.2) is 0 Å². The molecule has 0 aliphatic rings. The second-order valence-corrected chi connectivity index (χ2v) is 6.73. The van der Waals surface area contributed by atoms with Crippen LogP contribution in [0.25, 0.3) is 10.6 Å². The van der Waals surface area contributed by atoms with Gasteiger partial charge in [-0.1, -0.05) is 30.3 Å². The van der Waals surface area contributed by atoms with E-state index in [1.165, 1.54) is 23.5 Å². The third kappa shape index (κ3) is 4.40. The number of carbonyl (C=O) groups is 2. The summed E-state index contributed by atoms with van der Waals surface area (Å²) in [5, 5.41) is 11.9. The second kappa shape index (κ2) is 8.01. The van der Waals surface area contributed by atoms with Crippen molar-refractivity contribution in [2.24, 2.45) is 0 Å². The van der Waals surface area contributed by atoms with Crippen molar-refractivity contribution >= 4 is 23.1 Å². The molecule has 0 amide bonds. The lowest BCUT2D eigenvalue weighted by molar-refractivity contribution is -0.140. The number of hydrogen-bond acceptors (Lipinski definition) is 4. The lowest BCUT2D eigenvalue weighted by atomic mass is 9.93. The summed E-state index contributed by atoms with van der Waals surface area (Å²) in [6.45, 7) is 0. The molecule has 0 unspecified atom stereocenters. The van der Waals surface area contributed by atoms with Gasteiger partial charge in [-0.05, 0) is 29.8 Å². The Bertz CT molecular complexity index is 906. The van der Waals surface area contributed by atoms with Crippen molar-refractivity contribution in [3.05, 3.63) is 77.1 Å². The molecule has 0 aliphatic heterocycles. The van der Waals surface area contributed by atoms with Gasteiger partial charge in [0.2, 0.25) is 0 Å². The first kappa shape index (κ1) is 17.9. The Kier molecular flexibility index (Phi) is 5.53. The van der Waals surface area contributed by atoms with Crippen LogP contribution < -0.4 is 0 Å². The molecule has 1 heterocycles. The fraction of sp³-hybridized carbons (Fsp3) is 0.150. The maximum absolute atomic E-state index is 13.0. The topological polar surface area (TPSA) is 67.3 Å². The Balaban J connectivity index is 1.68. The van der Waals surface area contributed by atoms with Crippen LogP contribution in [0.1, 0.15) is 23.6 Å². The number of halogens is 1. The molecule has 26 heavy (non-hydrogen) atoms. The number of benzene rings is 2. The fourth-order valence-electron chi connectivity index (χ4n) is 2.65. The number of carboxylic acid groups (broad SMARTS) is 1. The van der Waals surface area contributed by atoms with Crippen molar-refractivity contribution in [1.82, 2.24) is 4.98 Å². The average molecular weight is 369 g/mol. The summed E-state index contributed by atoms with van der Waals surface area (Å²) in [4.78, 5) is 28.3. The molecule has 0 radical (unpaired) electrons. The largest absolute Gasteiger partial charge is 0.481 e. The third-order valence-electron chi connectivity index (χ3n) is 3.95. The number of aliphatic carboxylic acids is 1. The van der Waals surface area contributed by atoms with E-state index in [1.807, 2.05) is 0 Å². The van der Waals surface area contributed by atoms with E-state index in [9.17, 15) is 19.1 Å². The highest BCUT2D eigenvalue weighted by atomic mass is 32.1. The molecule has 0 spiro atoms. The monoisotopic (exact) mass is 369 g/mol. The second-order valence-electron chi connectivity index (χ2n) is 5.87. The van der Waals surface area contributed by atoms with Crippen LogP contribution >= 0.6 is 11.3 Å². The van der Waals surface area contributed by atoms with Crippen LogP contribution in [-0.2, 0) is 16.0 Å². The highest BCUT2D eigenvalue weighted by molar-refractivity contribution is 7.13. The van der Waals surface area contributed by atoms with Crippen molar-refractivity contribution in [2.75, 3.05) is 0 Å². The Morgan fingerprint density at radius 2 is 1.77 bits per heavy atom. The first-order valence-electron chi connectivity index (χ1n) is 8.02. The van der Waals surface area contributed by atoms with Gasteiger partial charge in [-0.15, -0.1) is 11.3 Å². The van der Waals surface area contributed by atoms with Crippen LogP contribution in [0.5, 0.6) is 0 Å². The first-order valence-corrected chi connectivity index (χ1v) is 8.90. The summed E-state index contributed by atoms with van der Waals surface area (Å²) < 4.78 is 13.0. The van der Waals surface area contributed by atoms with Crippen LogP contribution in [0.2, 0.25) is 0 Å². The van der Waals surface area contributed by atoms with Gasteiger partial charge in [-0.3, -0.25) is 9.59 Å². The number of hydrogen-bond donors (Lipinski definition) is 1.